The first-order valence-corrected chi connectivity index (χ1v) is 10.2. The van der Waals surface area contributed by atoms with Crippen molar-refractivity contribution in [1.82, 2.24) is 15.2 Å². The number of hydrogen-bond acceptors (Lipinski definition) is 5. The summed E-state index contributed by atoms with van der Waals surface area (Å²) in [6, 6.07) is 5.74. The molecule has 0 aliphatic carbocycles. The van der Waals surface area contributed by atoms with Crippen LogP contribution < -0.4 is 5.32 Å². The van der Waals surface area contributed by atoms with Crippen LogP contribution in [0.4, 0.5) is 0 Å². The molecule has 1 amide bonds. The van der Waals surface area contributed by atoms with Crippen LogP contribution in [-0.2, 0) is 0 Å². The van der Waals surface area contributed by atoms with E-state index in [4.69, 9.17) is 27.6 Å². The topological polar surface area (TPSA) is 58.4 Å². The minimum atomic E-state index is -0.260. The fraction of sp³-hybridized carbons (Fsp3) is 0.444. The molecule has 3 aliphatic heterocycles. The Labute approximate surface area is 166 Å². The molecule has 3 fully saturated rings. The van der Waals surface area contributed by atoms with E-state index in [1.807, 2.05) is 6.07 Å². The van der Waals surface area contributed by atoms with Gasteiger partial charge in [0, 0.05) is 22.0 Å². The van der Waals surface area contributed by atoms with Crippen LogP contribution in [0.2, 0.25) is 10.0 Å². The van der Waals surface area contributed by atoms with Crippen molar-refractivity contribution in [3.63, 3.8) is 0 Å². The number of oxazole rings is 1. The number of hydrogen-bond donors (Lipinski definition) is 1. The fourth-order valence-electron chi connectivity index (χ4n) is 3.84. The minimum Gasteiger partial charge on any atom is -0.425 e. The molecule has 0 spiro atoms. The predicted octanol–water partition coefficient (Wildman–Crippen LogP) is 4.35. The number of piperidine rings is 3. The van der Waals surface area contributed by atoms with Crippen molar-refractivity contribution in [2.75, 3.05) is 13.1 Å². The van der Waals surface area contributed by atoms with E-state index in [-0.39, 0.29) is 17.8 Å². The Kier molecular flexibility index (Phi) is 5.19. The van der Waals surface area contributed by atoms with Crippen LogP contribution in [0.5, 0.6) is 0 Å². The third kappa shape index (κ3) is 3.60. The Hall–Kier alpha value is -1.21. The van der Waals surface area contributed by atoms with E-state index < -0.39 is 0 Å². The summed E-state index contributed by atoms with van der Waals surface area (Å²) in [4.78, 5) is 19.9. The monoisotopic (exact) mass is 411 g/mol. The lowest BCUT2D eigenvalue weighted by atomic mass is 9.79. The zero-order valence-corrected chi connectivity index (χ0v) is 16.6. The van der Waals surface area contributed by atoms with E-state index in [0.29, 0.717) is 27.1 Å². The van der Waals surface area contributed by atoms with Crippen LogP contribution in [0.3, 0.4) is 0 Å². The summed E-state index contributed by atoms with van der Waals surface area (Å²) in [5.41, 5.74) is 0. The maximum absolute atomic E-state index is 12.6. The van der Waals surface area contributed by atoms with Crippen molar-refractivity contribution >= 4 is 40.9 Å². The van der Waals surface area contributed by atoms with Crippen LogP contribution in [0, 0.1) is 5.92 Å². The number of fused-ring (bicyclic) bond motifs is 3. The lowest BCUT2D eigenvalue weighted by Crippen LogP contribution is -2.62. The van der Waals surface area contributed by atoms with Gasteiger partial charge in [0.25, 0.3) is 5.89 Å². The molecule has 26 heavy (non-hydrogen) atoms. The Morgan fingerprint density at radius 1 is 1.35 bits per heavy atom. The highest BCUT2D eigenvalue weighted by Crippen LogP contribution is 2.35. The van der Waals surface area contributed by atoms with Gasteiger partial charge in [0.15, 0.2) is 5.09 Å². The number of rotatable bonds is 4. The molecule has 2 unspecified atom stereocenters. The Morgan fingerprint density at radius 2 is 2.12 bits per heavy atom. The molecule has 5 nitrogen and oxygen atoms in total. The van der Waals surface area contributed by atoms with E-state index in [9.17, 15) is 4.79 Å². The number of amides is 1. The van der Waals surface area contributed by atoms with Crippen molar-refractivity contribution < 1.29 is 9.21 Å². The van der Waals surface area contributed by atoms with Gasteiger partial charge >= 0.3 is 5.91 Å². The predicted molar refractivity (Wildman–Crippen MR) is 102 cm³/mol. The second-order valence-electron chi connectivity index (χ2n) is 6.77. The first-order chi connectivity index (χ1) is 12.5. The molecule has 1 aromatic heterocycles. The van der Waals surface area contributed by atoms with E-state index in [0.717, 1.165) is 30.8 Å². The average molecular weight is 412 g/mol. The van der Waals surface area contributed by atoms with E-state index in [2.05, 4.69) is 22.1 Å². The van der Waals surface area contributed by atoms with Crippen molar-refractivity contribution in [3.05, 3.63) is 40.3 Å². The summed E-state index contributed by atoms with van der Waals surface area (Å²) in [5, 5.41) is 4.74. The van der Waals surface area contributed by atoms with Crippen LogP contribution >= 0.6 is 35.0 Å². The third-order valence-corrected chi connectivity index (χ3v) is 6.88. The minimum absolute atomic E-state index is 0.0845. The quantitative estimate of drug-likeness (QED) is 0.810. The lowest BCUT2D eigenvalue weighted by molar-refractivity contribution is 0.0209. The fourth-order valence-corrected chi connectivity index (χ4v) is 5.10. The third-order valence-electron chi connectivity index (χ3n) is 5.26. The molecule has 2 bridgehead atoms. The Balaban J connectivity index is 1.43. The summed E-state index contributed by atoms with van der Waals surface area (Å²) >= 11 is 13.4. The van der Waals surface area contributed by atoms with Gasteiger partial charge < -0.3 is 9.73 Å². The number of aromatic nitrogens is 1. The summed E-state index contributed by atoms with van der Waals surface area (Å²) in [7, 11) is 0. The number of carbonyl (C=O) groups is 1. The molecule has 2 aromatic rings. The molecule has 5 rings (SSSR count). The van der Waals surface area contributed by atoms with Gasteiger partial charge in [-0.3, -0.25) is 9.69 Å². The normalized spacial score (nSPS) is 27.5. The van der Waals surface area contributed by atoms with Gasteiger partial charge in [0.05, 0.1) is 11.2 Å². The molecule has 3 saturated heterocycles. The lowest BCUT2D eigenvalue weighted by Gasteiger charge is -2.49. The van der Waals surface area contributed by atoms with Gasteiger partial charge in [0.1, 0.15) is 0 Å². The Morgan fingerprint density at radius 3 is 2.81 bits per heavy atom. The maximum atomic E-state index is 12.6. The number of carbonyl (C=O) groups excluding carboxylic acids is 1. The molecule has 0 radical (unpaired) electrons. The Bertz CT molecular complexity index is 819. The zero-order valence-electron chi connectivity index (χ0n) is 14.2. The van der Waals surface area contributed by atoms with Gasteiger partial charge in [-0.2, -0.15) is 0 Å². The molecule has 138 valence electrons. The molecule has 4 heterocycles. The highest BCUT2D eigenvalue weighted by molar-refractivity contribution is 7.99. The zero-order chi connectivity index (χ0) is 18.3. The number of halogens is 2. The molecule has 0 saturated carbocycles. The highest BCUT2D eigenvalue weighted by atomic mass is 35.5. The van der Waals surface area contributed by atoms with E-state index in [1.54, 1.807) is 18.3 Å². The number of benzene rings is 1. The van der Waals surface area contributed by atoms with Gasteiger partial charge in [0.2, 0.25) is 0 Å². The van der Waals surface area contributed by atoms with E-state index >= 15 is 0 Å². The molecule has 2 atom stereocenters. The summed E-state index contributed by atoms with van der Waals surface area (Å²) < 4.78 is 5.63. The van der Waals surface area contributed by atoms with Crippen molar-refractivity contribution in [2.45, 2.75) is 41.8 Å². The van der Waals surface area contributed by atoms with Crippen molar-refractivity contribution in [3.8, 4) is 0 Å². The van der Waals surface area contributed by atoms with Crippen LogP contribution in [-0.4, -0.2) is 41.0 Å². The maximum Gasteiger partial charge on any atom is 0.307 e. The second kappa shape index (κ2) is 7.43. The van der Waals surface area contributed by atoms with E-state index in [1.165, 1.54) is 11.8 Å². The first kappa shape index (κ1) is 18.2. The summed E-state index contributed by atoms with van der Waals surface area (Å²) in [5.74, 6) is 0.363. The van der Waals surface area contributed by atoms with Gasteiger partial charge in [-0.25, -0.2) is 4.98 Å². The molecular formula is C18H19Cl2N3O2S. The molecule has 3 aliphatic rings. The standard InChI is InChI=1S/C18H19Cl2N3O2S/c1-10-16(11-4-6-23(10)7-5-11)22-17(24)18-21-9-15(25-18)26-14-3-2-12(19)8-13(14)20/h2-3,8-11,16H,4-7H2,1H3,(H,22,24). The number of nitrogens with zero attached hydrogens (tertiary/aromatic N) is 2. The molecule has 8 heteroatoms. The van der Waals surface area contributed by atoms with Crippen molar-refractivity contribution in [2.24, 2.45) is 5.92 Å². The first-order valence-electron chi connectivity index (χ1n) is 8.65. The van der Waals surface area contributed by atoms with Gasteiger partial charge in [-0.1, -0.05) is 23.2 Å². The SMILES string of the molecule is CC1C(NC(=O)c2ncc(Sc3ccc(Cl)cc3Cl)o2)C2CCN1CC2. The largest absolute Gasteiger partial charge is 0.425 e. The second-order valence-corrected chi connectivity index (χ2v) is 8.66. The van der Waals surface area contributed by atoms with Gasteiger partial charge in [-0.05, 0) is 68.7 Å². The average Bonchev–Trinajstić information content (AvgIpc) is 3.09. The molecule has 1 N–H and O–H groups in total. The molecular weight excluding hydrogens is 393 g/mol. The molecule has 1 aromatic carbocycles. The van der Waals surface area contributed by atoms with Crippen LogP contribution in [0.1, 0.15) is 30.5 Å². The highest BCUT2D eigenvalue weighted by Gasteiger charge is 2.40. The summed E-state index contributed by atoms with van der Waals surface area (Å²) in [6.07, 6.45) is 3.82. The number of nitrogens with one attached hydrogen (secondary N) is 1. The smallest absolute Gasteiger partial charge is 0.307 e. The summed E-state index contributed by atoms with van der Waals surface area (Å²) in [6.45, 7) is 4.43. The van der Waals surface area contributed by atoms with Crippen LogP contribution in [0.15, 0.2) is 38.8 Å². The van der Waals surface area contributed by atoms with Crippen molar-refractivity contribution in [1.29, 1.82) is 0 Å². The van der Waals surface area contributed by atoms with Gasteiger partial charge in [-0.15, -0.1) is 0 Å². The van der Waals surface area contributed by atoms with Crippen LogP contribution in [0.25, 0.3) is 0 Å².